The predicted molar refractivity (Wildman–Crippen MR) is 22.6 cm³/mol. The van der Waals surface area contributed by atoms with E-state index in [1.807, 2.05) is 0 Å². The van der Waals surface area contributed by atoms with E-state index in [0.717, 1.165) is 6.40 Å². The SMILES string of the molecule is FC(F)(F)C1N=CON1. The number of aliphatic imine (C=N–C) groups is 1. The van der Waals surface area contributed by atoms with Crippen LogP contribution in [0.1, 0.15) is 0 Å². The van der Waals surface area contributed by atoms with Crippen molar-refractivity contribution in [2.24, 2.45) is 4.99 Å². The minimum atomic E-state index is -4.35. The second-order valence-electron chi connectivity index (χ2n) is 1.43. The molecule has 0 aromatic rings. The fourth-order valence-electron chi connectivity index (χ4n) is 0.368. The van der Waals surface area contributed by atoms with Crippen LogP contribution in [-0.2, 0) is 4.84 Å². The summed E-state index contributed by atoms with van der Waals surface area (Å²) in [4.78, 5) is 6.95. The molecule has 0 radical (unpaired) electrons. The number of alkyl halides is 3. The highest BCUT2D eigenvalue weighted by molar-refractivity contribution is 5.48. The van der Waals surface area contributed by atoms with Crippen molar-refractivity contribution in [2.75, 3.05) is 0 Å². The molecular weight excluding hydrogens is 137 g/mol. The molecule has 52 valence electrons. The highest BCUT2D eigenvalue weighted by atomic mass is 19.4. The first-order chi connectivity index (χ1) is 4.11. The number of nitrogens with zero attached hydrogens (tertiary/aromatic N) is 1. The zero-order valence-electron chi connectivity index (χ0n) is 4.14. The average molecular weight is 140 g/mol. The largest absolute Gasteiger partial charge is 0.427 e. The number of hydrogen-bond acceptors (Lipinski definition) is 3. The molecule has 0 aromatic heterocycles. The maximum absolute atomic E-state index is 11.5. The summed E-state index contributed by atoms with van der Waals surface area (Å²) in [5.41, 5.74) is 1.65. The molecule has 1 atom stereocenters. The second kappa shape index (κ2) is 1.87. The molecule has 1 unspecified atom stereocenters. The average Bonchev–Trinajstić information content (AvgIpc) is 2.08. The van der Waals surface area contributed by atoms with Crippen LogP contribution >= 0.6 is 0 Å². The Morgan fingerprint density at radius 3 is 2.44 bits per heavy atom. The van der Waals surface area contributed by atoms with Crippen LogP contribution in [-0.4, -0.2) is 18.7 Å². The zero-order chi connectivity index (χ0) is 6.91. The third-order valence-corrected chi connectivity index (χ3v) is 0.752. The van der Waals surface area contributed by atoms with Crippen LogP contribution in [0, 0.1) is 0 Å². The number of hydroxylamine groups is 1. The number of halogens is 3. The Balaban J connectivity index is 2.53. The summed E-state index contributed by atoms with van der Waals surface area (Å²) in [5, 5.41) is 0. The molecule has 0 aromatic carbocycles. The predicted octanol–water partition coefficient (Wildman–Crippen LogP) is 0.438. The zero-order valence-corrected chi connectivity index (χ0v) is 4.14. The summed E-state index contributed by atoms with van der Waals surface area (Å²) in [6, 6.07) is 0. The molecular formula is C3H3F3N2O. The molecule has 0 saturated heterocycles. The third-order valence-electron chi connectivity index (χ3n) is 0.752. The first-order valence-electron chi connectivity index (χ1n) is 2.10. The Morgan fingerprint density at radius 2 is 2.22 bits per heavy atom. The Hall–Kier alpha value is -0.780. The van der Waals surface area contributed by atoms with E-state index in [2.05, 4.69) is 9.83 Å². The summed E-state index contributed by atoms with van der Waals surface area (Å²) >= 11 is 0. The van der Waals surface area contributed by atoms with Crippen molar-refractivity contribution in [1.82, 2.24) is 5.48 Å². The van der Waals surface area contributed by atoms with Crippen molar-refractivity contribution in [3.8, 4) is 0 Å². The highest BCUT2D eigenvalue weighted by Crippen LogP contribution is 2.21. The first-order valence-corrected chi connectivity index (χ1v) is 2.10. The van der Waals surface area contributed by atoms with Crippen LogP contribution < -0.4 is 5.48 Å². The maximum atomic E-state index is 11.5. The van der Waals surface area contributed by atoms with E-state index in [1.54, 1.807) is 5.48 Å². The standard InChI is InChI=1S/C3H3F3N2O/c4-3(5,6)2-7-1-9-8-2/h1-2,8H. The molecule has 1 aliphatic rings. The summed E-state index contributed by atoms with van der Waals surface area (Å²) in [5.74, 6) is 0. The molecule has 3 nitrogen and oxygen atoms in total. The Labute approximate surface area is 48.5 Å². The Bertz CT molecular complexity index is 132. The molecule has 1 aliphatic heterocycles. The van der Waals surface area contributed by atoms with Gasteiger partial charge in [-0.3, -0.25) is 0 Å². The van der Waals surface area contributed by atoms with E-state index < -0.39 is 12.3 Å². The molecule has 0 fully saturated rings. The van der Waals surface area contributed by atoms with E-state index in [-0.39, 0.29) is 0 Å². The lowest BCUT2D eigenvalue weighted by Gasteiger charge is -2.09. The minimum absolute atomic E-state index is 0.720. The van der Waals surface area contributed by atoms with Gasteiger partial charge in [-0.2, -0.15) is 13.2 Å². The fraction of sp³-hybridized carbons (Fsp3) is 0.667. The van der Waals surface area contributed by atoms with Crippen molar-refractivity contribution in [3.05, 3.63) is 0 Å². The van der Waals surface area contributed by atoms with Gasteiger partial charge in [-0.1, -0.05) is 0 Å². The fourth-order valence-corrected chi connectivity index (χ4v) is 0.368. The monoisotopic (exact) mass is 140 g/mol. The van der Waals surface area contributed by atoms with Gasteiger partial charge >= 0.3 is 6.18 Å². The molecule has 0 bridgehead atoms. The maximum Gasteiger partial charge on any atom is 0.427 e. The second-order valence-corrected chi connectivity index (χ2v) is 1.43. The van der Waals surface area contributed by atoms with Gasteiger partial charge in [-0.15, -0.1) is 5.48 Å². The van der Waals surface area contributed by atoms with Crippen LogP contribution in [0.15, 0.2) is 4.99 Å². The molecule has 9 heavy (non-hydrogen) atoms. The Morgan fingerprint density at radius 1 is 1.56 bits per heavy atom. The van der Waals surface area contributed by atoms with Crippen LogP contribution in [0.2, 0.25) is 0 Å². The lowest BCUT2D eigenvalue weighted by Crippen LogP contribution is -2.36. The van der Waals surface area contributed by atoms with E-state index in [1.165, 1.54) is 0 Å². The van der Waals surface area contributed by atoms with Gasteiger partial charge < -0.3 is 4.84 Å². The van der Waals surface area contributed by atoms with Gasteiger partial charge in [0.05, 0.1) is 0 Å². The number of hydrogen-bond donors (Lipinski definition) is 1. The lowest BCUT2D eigenvalue weighted by atomic mass is 10.5. The summed E-state index contributed by atoms with van der Waals surface area (Å²) in [6.07, 6.45) is -5.52. The molecule has 1 N–H and O–H groups in total. The van der Waals surface area contributed by atoms with Gasteiger partial charge in [0.2, 0.25) is 6.17 Å². The highest BCUT2D eigenvalue weighted by Gasteiger charge is 2.41. The van der Waals surface area contributed by atoms with Crippen molar-refractivity contribution in [2.45, 2.75) is 12.3 Å². The third kappa shape index (κ3) is 1.32. The summed E-state index contributed by atoms with van der Waals surface area (Å²) in [7, 11) is 0. The molecule has 1 heterocycles. The van der Waals surface area contributed by atoms with Gasteiger partial charge in [0.25, 0.3) is 0 Å². The molecule has 0 aliphatic carbocycles. The molecule has 0 spiro atoms. The molecule has 1 rings (SSSR count). The van der Waals surface area contributed by atoms with Gasteiger partial charge in [-0.05, 0) is 0 Å². The van der Waals surface area contributed by atoms with Gasteiger partial charge in [0, 0.05) is 0 Å². The summed E-state index contributed by atoms with van der Waals surface area (Å²) in [6.45, 7) is 0. The normalized spacial score (nSPS) is 26.3. The van der Waals surface area contributed by atoms with E-state index >= 15 is 0 Å². The molecule has 6 heteroatoms. The van der Waals surface area contributed by atoms with E-state index in [0.29, 0.717) is 0 Å². The van der Waals surface area contributed by atoms with Gasteiger partial charge in [0.1, 0.15) is 0 Å². The molecule has 0 amide bonds. The van der Waals surface area contributed by atoms with Crippen molar-refractivity contribution in [1.29, 1.82) is 0 Å². The quantitative estimate of drug-likeness (QED) is 0.529. The smallest absolute Gasteiger partial charge is 0.394 e. The van der Waals surface area contributed by atoms with Crippen LogP contribution in [0.5, 0.6) is 0 Å². The van der Waals surface area contributed by atoms with Crippen molar-refractivity contribution < 1.29 is 18.0 Å². The van der Waals surface area contributed by atoms with Crippen molar-refractivity contribution in [3.63, 3.8) is 0 Å². The summed E-state index contributed by atoms with van der Waals surface area (Å²) < 4.78 is 34.5. The van der Waals surface area contributed by atoms with Crippen LogP contribution in [0.25, 0.3) is 0 Å². The molecule has 0 saturated carbocycles. The Kier molecular flexibility index (Phi) is 1.32. The lowest BCUT2D eigenvalue weighted by molar-refractivity contribution is -0.164. The minimum Gasteiger partial charge on any atom is -0.394 e. The van der Waals surface area contributed by atoms with Crippen LogP contribution in [0.3, 0.4) is 0 Å². The van der Waals surface area contributed by atoms with Crippen LogP contribution in [0.4, 0.5) is 13.2 Å². The topological polar surface area (TPSA) is 33.6 Å². The van der Waals surface area contributed by atoms with Gasteiger partial charge in [0.15, 0.2) is 6.40 Å². The van der Waals surface area contributed by atoms with Crippen molar-refractivity contribution >= 4 is 6.40 Å². The number of rotatable bonds is 0. The van der Waals surface area contributed by atoms with E-state index in [9.17, 15) is 13.2 Å². The van der Waals surface area contributed by atoms with E-state index in [4.69, 9.17) is 0 Å². The van der Waals surface area contributed by atoms with Gasteiger partial charge in [-0.25, -0.2) is 4.99 Å². The first kappa shape index (κ1) is 6.34. The number of nitrogens with one attached hydrogen (secondary N) is 1.